The zero-order valence-electron chi connectivity index (χ0n) is 21.5. The lowest BCUT2D eigenvalue weighted by atomic mass is 9.83. The van der Waals surface area contributed by atoms with Crippen molar-refractivity contribution < 1.29 is 18.4 Å². The van der Waals surface area contributed by atoms with Gasteiger partial charge in [-0.25, -0.2) is 13.8 Å². The molecule has 1 atom stereocenters. The fourth-order valence-electron chi connectivity index (χ4n) is 6.28. The molecule has 1 saturated heterocycles. The van der Waals surface area contributed by atoms with Crippen LogP contribution in [-0.2, 0) is 0 Å². The van der Waals surface area contributed by atoms with E-state index in [0.717, 1.165) is 84.5 Å². The SMILES string of the molecule is Cc1noc(C)c1-c1ccc2c(c1)nc([C@@H]1CCCN1c1ccc(F)c(F)c1)n2[C@H]1CC[C@@](C)(O)CC1. The van der Waals surface area contributed by atoms with Gasteiger partial charge in [0.15, 0.2) is 11.6 Å². The van der Waals surface area contributed by atoms with Crippen molar-refractivity contribution in [3.63, 3.8) is 0 Å². The van der Waals surface area contributed by atoms with Gasteiger partial charge >= 0.3 is 0 Å². The van der Waals surface area contributed by atoms with Crippen LogP contribution in [0.1, 0.15) is 74.8 Å². The van der Waals surface area contributed by atoms with Crippen LogP contribution in [0.3, 0.4) is 0 Å². The summed E-state index contributed by atoms with van der Waals surface area (Å²) >= 11 is 0. The fraction of sp³-hybridized carbons (Fsp3) is 0.448. The minimum Gasteiger partial charge on any atom is -0.390 e. The predicted molar refractivity (Wildman–Crippen MR) is 139 cm³/mol. The molecule has 2 aromatic carbocycles. The zero-order chi connectivity index (χ0) is 25.9. The number of aliphatic hydroxyl groups is 1. The van der Waals surface area contributed by atoms with Gasteiger partial charge in [0, 0.05) is 29.9 Å². The van der Waals surface area contributed by atoms with Gasteiger partial charge < -0.3 is 19.1 Å². The lowest BCUT2D eigenvalue weighted by Gasteiger charge is -2.36. The first-order valence-corrected chi connectivity index (χ1v) is 13.1. The van der Waals surface area contributed by atoms with Crippen LogP contribution >= 0.6 is 0 Å². The Morgan fingerprint density at radius 2 is 1.81 bits per heavy atom. The Labute approximate surface area is 214 Å². The van der Waals surface area contributed by atoms with Gasteiger partial charge in [0.1, 0.15) is 11.6 Å². The van der Waals surface area contributed by atoms with Crippen LogP contribution in [0.15, 0.2) is 40.9 Å². The number of hydrogen-bond acceptors (Lipinski definition) is 5. The summed E-state index contributed by atoms with van der Waals surface area (Å²) in [6, 6.07) is 10.6. The minimum atomic E-state index is -0.840. The van der Waals surface area contributed by atoms with Crippen molar-refractivity contribution in [1.29, 1.82) is 0 Å². The van der Waals surface area contributed by atoms with Gasteiger partial charge in [-0.05, 0) is 89.1 Å². The van der Waals surface area contributed by atoms with Crippen molar-refractivity contribution in [3.05, 3.63) is 65.3 Å². The van der Waals surface area contributed by atoms with E-state index in [9.17, 15) is 13.9 Å². The highest BCUT2D eigenvalue weighted by molar-refractivity contribution is 5.84. The molecule has 1 N–H and O–H groups in total. The zero-order valence-corrected chi connectivity index (χ0v) is 21.5. The summed E-state index contributed by atoms with van der Waals surface area (Å²) in [6.07, 6.45) is 4.99. The molecule has 1 aliphatic carbocycles. The van der Waals surface area contributed by atoms with Crippen molar-refractivity contribution in [2.75, 3.05) is 11.4 Å². The highest BCUT2D eigenvalue weighted by Gasteiger charge is 2.36. The number of rotatable bonds is 4. The van der Waals surface area contributed by atoms with Crippen LogP contribution in [0.5, 0.6) is 0 Å². The Bertz CT molecular complexity index is 1440. The Morgan fingerprint density at radius 1 is 1.03 bits per heavy atom. The summed E-state index contributed by atoms with van der Waals surface area (Å²) in [5.74, 6) is 0.0362. The Morgan fingerprint density at radius 3 is 2.51 bits per heavy atom. The molecule has 0 bridgehead atoms. The van der Waals surface area contributed by atoms with Crippen molar-refractivity contribution >= 4 is 16.7 Å². The monoisotopic (exact) mass is 506 g/mol. The fourth-order valence-corrected chi connectivity index (χ4v) is 6.28. The molecule has 0 radical (unpaired) electrons. The number of benzene rings is 2. The Hall–Kier alpha value is -3.26. The van der Waals surface area contributed by atoms with Gasteiger partial charge in [0.2, 0.25) is 0 Å². The van der Waals surface area contributed by atoms with Crippen molar-refractivity contribution in [2.45, 2.75) is 77.0 Å². The van der Waals surface area contributed by atoms with Crippen molar-refractivity contribution in [1.82, 2.24) is 14.7 Å². The minimum absolute atomic E-state index is 0.0535. The van der Waals surface area contributed by atoms with Crippen LogP contribution in [0.25, 0.3) is 22.2 Å². The summed E-state index contributed by atoms with van der Waals surface area (Å²) in [5.41, 5.74) is 4.80. The summed E-state index contributed by atoms with van der Waals surface area (Å²) in [6.45, 7) is 6.51. The van der Waals surface area contributed by atoms with E-state index < -0.39 is 17.2 Å². The normalized spacial score (nSPS) is 24.3. The average molecular weight is 507 g/mol. The molecule has 3 heterocycles. The Balaban J connectivity index is 1.47. The van der Waals surface area contributed by atoms with Gasteiger partial charge in [0.25, 0.3) is 0 Å². The third-order valence-corrected chi connectivity index (χ3v) is 8.22. The number of fused-ring (bicyclic) bond motifs is 1. The van der Waals surface area contributed by atoms with Crippen LogP contribution in [0, 0.1) is 25.5 Å². The van der Waals surface area contributed by atoms with Crippen molar-refractivity contribution in [3.8, 4) is 11.1 Å². The highest BCUT2D eigenvalue weighted by Crippen LogP contribution is 2.43. The molecule has 6 rings (SSSR count). The standard InChI is InChI=1S/C29H32F2N4O2/c1-17-27(18(2)37-33-17)19-6-9-25-24(15-19)32-28(35(25)20-10-12-29(3,36)13-11-20)26-5-4-14-34(26)21-7-8-22(30)23(31)16-21/h6-9,15-16,20,26,36H,4-5,10-14H2,1-3H3/t20-,26-,29+/m0/s1. The molecule has 4 aromatic rings. The molecular formula is C29H32F2N4O2. The number of aromatic nitrogens is 3. The van der Waals surface area contributed by atoms with E-state index in [-0.39, 0.29) is 12.1 Å². The first-order valence-electron chi connectivity index (χ1n) is 13.1. The second kappa shape index (κ2) is 8.94. The van der Waals surface area contributed by atoms with Crippen LogP contribution in [-0.4, -0.2) is 32.0 Å². The van der Waals surface area contributed by atoms with Gasteiger partial charge in [-0.15, -0.1) is 0 Å². The Kier molecular flexibility index (Phi) is 5.82. The average Bonchev–Trinajstić information content (AvgIpc) is 3.57. The second-order valence-electron chi connectivity index (χ2n) is 10.9. The molecule has 0 unspecified atom stereocenters. The predicted octanol–water partition coefficient (Wildman–Crippen LogP) is 6.79. The topological polar surface area (TPSA) is 67.3 Å². The van der Waals surface area contributed by atoms with Crippen LogP contribution in [0.2, 0.25) is 0 Å². The molecule has 2 fully saturated rings. The number of halogens is 2. The number of nitrogens with zero attached hydrogens (tertiary/aromatic N) is 4. The molecule has 194 valence electrons. The maximum absolute atomic E-state index is 14.2. The van der Waals surface area contributed by atoms with Crippen molar-refractivity contribution in [2.24, 2.45) is 0 Å². The molecule has 0 spiro atoms. The maximum atomic E-state index is 14.2. The van der Waals surface area contributed by atoms with Gasteiger partial charge in [-0.2, -0.15) is 0 Å². The van der Waals surface area contributed by atoms with Crippen LogP contribution < -0.4 is 4.90 Å². The second-order valence-corrected chi connectivity index (χ2v) is 10.9. The molecule has 2 aliphatic rings. The smallest absolute Gasteiger partial charge is 0.160 e. The number of aryl methyl sites for hydroxylation is 2. The summed E-state index contributed by atoms with van der Waals surface area (Å²) < 4.78 is 35.6. The largest absolute Gasteiger partial charge is 0.390 e. The van der Waals surface area contributed by atoms with Gasteiger partial charge in [-0.1, -0.05) is 11.2 Å². The molecule has 37 heavy (non-hydrogen) atoms. The molecule has 8 heteroatoms. The first kappa shape index (κ1) is 24.1. The van der Waals surface area contributed by atoms with E-state index in [1.807, 2.05) is 20.8 Å². The van der Waals surface area contributed by atoms with E-state index in [1.165, 1.54) is 12.1 Å². The van der Waals surface area contributed by atoms with E-state index in [0.29, 0.717) is 5.69 Å². The number of hydrogen-bond donors (Lipinski definition) is 1. The van der Waals surface area contributed by atoms with E-state index >= 15 is 0 Å². The molecule has 2 aromatic heterocycles. The number of imidazole rings is 1. The maximum Gasteiger partial charge on any atom is 0.160 e. The van der Waals surface area contributed by atoms with E-state index in [4.69, 9.17) is 9.51 Å². The molecule has 6 nitrogen and oxygen atoms in total. The first-order chi connectivity index (χ1) is 17.7. The summed E-state index contributed by atoms with van der Waals surface area (Å²) in [4.78, 5) is 7.34. The lowest BCUT2D eigenvalue weighted by Crippen LogP contribution is -2.33. The molecular weight excluding hydrogens is 474 g/mol. The summed E-state index contributed by atoms with van der Waals surface area (Å²) in [7, 11) is 0. The van der Waals surface area contributed by atoms with Gasteiger partial charge in [0.05, 0.1) is 28.4 Å². The third kappa shape index (κ3) is 4.21. The lowest BCUT2D eigenvalue weighted by molar-refractivity contribution is 0.00996. The molecule has 0 amide bonds. The van der Waals surface area contributed by atoms with Crippen LogP contribution in [0.4, 0.5) is 14.5 Å². The van der Waals surface area contributed by atoms with Gasteiger partial charge in [-0.3, -0.25) is 0 Å². The highest BCUT2D eigenvalue weighted by atomic mass is 19.2. The number of anilines is 1. The quantitative estimate of drug-likeness (QED) is 0.330. The van der Waals surface area contributed by atoms with E-state index in [1.54, 1.807) is 6.07 Å². The molecule has 1 saturated carbocycles. The summed E-state index contributed by atoms with van der Waals surface area (Å²) in [5, 5.41) is 14.7. The molecule has 1 aliphatic heterocycles. The third-order valence-electron chi connectivity index (χ3n) is 8.22. The van der Waals surface area contributed by atoms with E-state index in [2.05, 4.69) is 32.8 Å².